The molecule has 70 valence electrons. The fraction of sp³-hybridized carbons (Fsp3) is 0. The highest BCUT2D eigenvalue weighted by molar-refractivity contribution is 9.10. The van der Waals surface area contributed by atoms with Crippen LogP contribution in [0.15, 0.2) is 29.1 Å². The van der Waals surface area contributed by atoms with Crippen LogP contribution in [0.5, 0.6) is 0 Å². The number of nitrogens with zero attached hydrogens (tertiary/aromatic N) is 2. The quantitative estimate of drug-likeness (QED) is 0.521. The zero-order valence-electron chi connectivity index (χ0n) is 6.81. The average molecular weight is 244 g/mol. The molecule has 0 atom stereocenters. The van der Waals surface area contributed by atoms with Gasteiger partial charge < -0.3 is 11.5 Å². The highest BCUT2D eigenvalue weighted by Crippen LogP contribution is 2.23. The standard InChI is InChI=1S/C7H10BrN5/c8-6-3-5(10)4-12-7(6)13(11)2-1-9/h1-4H,9-11H2/b2-1-. The molecule has 5 nitrogen and oxygen atoms in total. The van der Waals surface area contributed by atoms with Crippen molar-refractivity contribution in [2.24, 2.45) is 11.6 Å². The number of halogens is 1. The van der Waals surface area contributed by atoms with Crippen LogP contribution in [0, 0.1) is 0 Å². The van der Waals surface area contributed by atoms with Crippen molar-refractivity contribution in [2.75, 3.05) is 10.7 Å². The highest BCUT2D eigenvalue weighted by atomic mass is 79.9. The molecule has 0 unspecified atom stereocenters. The Kier molecular flexibility index (Phi) is 3.10. The molecular weight excluding hydrogens is 234 g/mol. The van der Waals surface area contributed by atoms with Crippen molar-refractivity contribution in [2.45, 2.75) is 0 Å². The van der Waals surface area contributed by atoms with E-state index in [0.717, 1.165) is 0 Å². The molecule has 1 aromatic rings. The molecule has 0 aliphatic carbocycles. The van der Waals surface area contributed by atoms with Crippen molar-refractivity contribution in [1.29, 1.82) is 0 Å². The maximum Gasteiger partial charge on any atom is 0.161 e. The molecule has 0 aliphatic rings. The lowest BCUT2D eigenvalue weighted by Crippen LogP contribution is -2.25. The molecule has 6 heteroatoms. The summed E-state index contributed by atoms with van der Waals surface area (Å²) in [4.78, 5) is 4.02. The molecule has 0 spiro atoms. The number of hydrazine groups is 1. The summed E-state index contributed by atoms with van der Waals surface area (Å²) in [5, 5.41) is 1.30. The number of pyridine rings is 1. The van der Waals surface area contributed by atoms with Crippen LogP contribution >= 0.6 is 15.9 Å². The fourth-order valence-electron chi connectivity index (χ4n) is 0.799. The summed E-state index contributed by atoms with van der Waals surface area (Å²) in [6.07, 6.45) is 4.33. The topological polar surface area (TPSA) is 94.2 Å². The van der Waals surface area contributed by atoms with Gasteiger partial charge in [-0.05, 0) is 22.0 Å². The molecule has 0 aliphatic heterocycles. The average Bonchev–Trinajstić information content (AvgIpc) is 2.04. The van der Waals surface area contributed by atoms with Gasteiger partial charge in [0.1, 0.15) is 0 Å². The Balaban J connectivity index is 3.01. The summed E-state index contributed by atoms with van der Waals surface area (Å²) >= 11 is 3.28. The molecule has 1 heterocycles. The summed E-state index contributed by atoms with van der Waals surface area (Å²) in [5.74, 6) is 6.14. The van der Waals surface area contributed by atoms with E-state index in [1.165, 1.54) is 23.6 Å². The van der Waals surface area contributed by atoms with Crippen LogP contribution in [0.3, 0.4) is 0 Å². The number of hydrogen-bond donors (Lipinski definition) is 3. The van der Waals surface area contributed by atoms with E-state index in [9.17, 15) is 0 Å². The van der Waals surface area contributed by atoms with Gasteiger partial charge in [-0.3, -0.25) is 5.01 Å². The Morgan fingerprint density at radius 3 is 2.77 bits per heavy atom. The Morgan fingerprint density at radius 2 is 2.23 bits per heavy atom. The fourth-order valence-corrected chi connectivity index (χ4v) is 1.37. The van der Waals surface area contributed by atoms with Gasteiger partial charge in [-0.1, -0.05) is 0 Å². The smallest absolute Gasteiger partial charge is 0.161 e. The monoisotopic (exact) mass is 243 g/mol. The van der Waals surface area contributed by atoms with Crippen molar-refractivity contribution in [3.8, 4) is 0 Å². The van der Waals surface area contributed by atoms with Crippen LogP contribution in [0.4, 0.5) is 11.5 Å². The molecule has 0 aromatic carbocycles. The van der Waals surface area contributed by atoms with E-state index in [-0.39, 0.29) is 0 Å². The van der Waals surface area contributed by atoms with Crippen LogP contribution < -0.4 is 22.3 Å². The van der Waals surface area contributed by atoms with Gasteiger partial charge in [-0.15, -0.1) is 0 Å². The summed E-state index contributed by atoms with van der Waals surface area (Å²) in [7, 11) is 0. The zero-order chi connectivity index (χ0) is 9.84. The van der Waals surface area contributed by atoms with Crippen molar-refractivity contribution >= 4 is 27.4 Å². The lowest BCUT2D eigenvalue weighted by molar-refractivity contribution is 1.02. The van der Waals surface area contributed by atoms with Crippen molar-refractivity contribution < 1.29 is 0 Å². The van der Waals surface area contributed by atoms with Crippen LogP contribution in [0.2, 0.25) is 0 Å². The van der Waals surface area contributed by atoms with E-state index < -0.39 is 0 Å². The Bertz CT molecular complexity index is 325. The van der Waals surface area contributed by atoms with Gasteiger partial charge in [0.05, 0.1) is 16.4 Å². The molecule has 6 N–H and O–H groups in total. The second-order valence-corrected chi connectivity index (χ2v) is 3.18. The normalized spacial score (nSPS) is 10.6. The zero-order valence-corrected chi connectivity index (χ0v) is 8.40. The van der Waals surface area contributed by atoms with Gasteiger partial charge >= 0.3 is 0 Å². The molecule has 0 bridgehead atoms. The number of nitrogen functional groups attached to an aromatic ring is 1. The van der Waals surface area contributed by atoms with E-state index in [1.807, 2.05) is 0 Å². The summed E-state index contributed by atoms with van der Waals surface area (Å²) in [6.45, 7) is 0. The van der Waals surface area contributed by atoms with E-state index in [2.05, 4.69) is 20.9 Å². The SMILES string of the molecule is N/C=C\N(N)c1ncc(N)cc1Br. The number of hydrogen-bond acceptors (Lipinski definition) is 5. The summed E-state index contributed by atoms with van der Waals surface area (Å²) < 4.78 is 0.716. The minimum atomic E-state index is 0.552. The van der Waals surface area contributed by atoms with Gasteiger partial charge in [0.15, 0.2) is 5.82 Å². The lowest BCUT2D eigenvalue weighted by Gasteiger charge is -2.13. The third-order valence-corrected chi connectivity index (χ3v) is 1.92. The molecule has 1 aromatic heterocycles. The van der Waals surface area contributed by atoms with E-state index >= 15 is 0 Å². The minimum Gasteiger partial charge on any atom is -0.403 e. The second kappa shape index (κ2) is 4.11. The lowest BCUT2D eigenvalue weighted by atomic mass is 10.4. The maximum atomic E-state index is 5.59. The first-order chi connectivity index (χ1) is 6.15. The van der Waals surface area contributed by atoms with Crippen LogP contribution in [-0.2, 0) is 0 Å². The molecule has 1 rings (SSSR count). The van der Waals surface area contributed by atoms with E-state index in [0.29, 0.717) is 16.0 Å². The number of nitrogens with two attached hydrogens (primary N) is 3. The first kappa shape index (κ1) is 9.82. The minimum absolute atomic E-state index is 0.552. The van der Waals surface area contributed by atoms with Gasteiger partial charge in [-0.25, -0.2) is 10.8 Å². The maximum absolute atomic E-state index is 5.59. The van der Waals surface area contributed by atoms with E-state index in [1.54, 1.807) is 6.07 Å². The van der Waals surface area contributed by atoms with Gasteiger partial charge in [0, 0.05) is 12.4 Å². The van der Waals surface area contributed by atoms with Gasteiger partial charge in [0.25, 0.3) is 0 Å². The largest absolute Gasteiger partial charge is 0.403 e. The van der Waals surface area contributed by atoms with E-state index in [4.69, 9.17) is 17.3 Å². The van der Waals surface area contributed by atoms with Crippen molar-refractivity contribution in [3.63, 3.8) is 0 Å². The molecule has 0 saturated heterocycles. The Labute approximate surface area is 84.3 Å². The molecule has 0 radical (unpaired) electrons. The molecular formula is C7H10BrN5. The second-order valence-electron chi connectivity index (χ2n) is 2.32. The number of rotatable bonds is 2. The number of aromatic nitrogens is 1. The van der Waals surface area contributed by atoms with Crippen LogP contribution in [0.25, 0.3) is 0 Å². The molecule has 0 amide bonds. The van der Waals surface area contributed by atoms with Crippen LogP contribution in [-0.4, -0.2) is 4.98 Å². The third-order valence-electron chi connectivity index (χ3n) is 1.33. The summed E-state index contributed by atoms with van der Waals surface area (Å²) in [5.41, 5.74) is 11.3. The first-order valence-corrected chi connectivity index (χ1v) is 4.28. The Hall–Kier alpha value is -1.27. The van der Waals surface area contributed by atoms with Crippen LogP contribution in [0.1, 0.15) is 0 Å². The Morgan fingerprint density at radius 1 is 1.54 bits per heavy atom. The van der Waals surface area contributed by atoms with Gasteiger partial charge in [-0.2, -0.15) is 0 Å². The predicted molar refractivity (Wildman–Crippen MR) is 56.3 cm³/mol. The number of anilines is 2. The molecule has 0 fully saturated rings. The molecule has 0 saturated carbocycles. The highest BCUT2D eigenvalue weighted by Gasteiger charge is 2.04. The van der Waals surface area contributed by atoms with Crippen molar-refractivity contribution in [1.82, 2.24) is 4.98 Å². The third kappa shape index (κ3) is 2.33. The first-order valence-electron chi connectivity index (χ1n) is 3.48. The van der Waals surface area contributed by atoms with Crippen molar-refractivity contribution in [3.05, 3.63) is 29.1 Å². The predicted octanol–water partition coefficient (Wildman–Crippen LogP) is 0.536. The summed E-state index contributed by atoms with van der Waals surface area (Å²) in [6, 6.07) is 1.71. The van der Waals surface area contributed by atoms with Gasteiger partial charge in [0.2, 0.25) is 0 Å². The molecule has 13 heavy (non-hydrogen) atoms.